The molecule has 0 unspecified atom stereocenters. The van der Waals surface area contributed by atoms with Crippen LogP contribution in [0.1, 0.15) is 37.5 Å². The molecule has 0 aliphatic heterocycles. The second kappa shape index (κ2) is 11.5. The Labute approximate surface area is 211 Å². The molecular formula is C30H29N3O3. The number of para-hydroxylation sites is 1. The summed E-state index contributed by atoms with van der Waals surface area (Å²) < 4.78 is 7.33. The van der Waals surface area contributed by atoms with Crippen molar-refractivity contribution in [3.05, 3.63) is 107 Å². The zero-order chi connectivity index (χ0) is 25.5. The highest BCUT2D eigenvalue weighted by Gasteiger charge is 2.26. The summed E-state index contributed by atoms with van der Waals surface area (Å²) in [7, 11) is 0. The zero-order valence-electron chi connectivity index (χ0n) is 20.4. The van der Waals surface area contributed by atoms with Crippen molar-refractivity contribution in [3.63, 3.8) is 0 Å². The Kier molecular flexibility index (Phi) is 7.94. The van der Waals surface area contributed by atoms with Gasteiger partial charge in [-0.3, -0.25) is 4.79 Å². The third-order valence-corrected chi connectivity index (χ3v) is 6.01. The van der Waals surface area contributed by atoms with Crippen molar-refractivity contribution in [2.24, 2.45) is 5.92 Å². The number of ether oxygens (including phenoxy) is 1. The van der Waals surface area contributed by atoms with Gasteiger partial charge in [0.1, 0.15) is 18.8 Å². The van der Waals surface area contributed by atoms with E-state index in [0.29, 0.717) is 11.9 Å². The number of amides is 1. The maximum Gasteiger partial charge on any atom is 0.250 e. The molecular weight excluding hydrogens is 450 g/mol. The first-order chi connectivity index (χ1) is 17.5. The van der Waals surface area contributed by atoms with Crippen molar-refractivity contribution < 1.29 is 14.3 Å². The zero-order valence-corrected chi connectivity index (χ0v) is 20.4. The Morgan fingerprint density at radius 1 is 0.972 bits per heavy atom. The van der Waals surface area contributed by atoms with E-state index in [0.717, 1.165) is 32.4 Å². The highest BCUT2D eigenvalue weighted by atomic mass is 16.5. The first kappa shape index (κ1) is 24.9. The smallest absolute Gasteiger partial charge is 0.250 e. The maximum atomic E-state index is 12.8. The minimum atomic E-state index is -0.705. The van der Waals surface area contributed by atoms with Gasteiger partial charge < -0.3 is 15.3 Å². The first-order valence-electron chi connectivity index (χ1n) is 12.0. The molecule has 6 nitrogen and oxygen atoms in total. The van der Waals surface area contributed by atoms with Crippen molar-refractivity contribution in [2.75, 3.05) is 6.54 Å². The number of pyridine rings is 1. The van der Waals surface area contributed by atoms with Crippen LogP contribution in [0.3, 0.4) is 0 Å². The van der Waals surface area contributed by atoms with Gasteiger partial charge in [0.15, 0.2) is 6.20 Å². The lowest BCUT2D eigenvalue weighted by Gasteiger charge is -2.26. The summed E-state index contributed by atoms with van der Waals surface area (Å²) in [6.45, 7) is 4.01. The normalized spacial score (nSPS) is 12.7. The third kappa shape index (κ3) is 5.88. The summed E-state index contributed by atoms with van der Waals surface area (Å²) in [6, 6.07) is 29.1. The molecule has 6 heteroatoms. The van der Waals surface area contributed by atoms with E-state index in [4.69, 9.17) is 10.00 Å². The van der Waals surface area contributed by atoms with Crippen LogP contribution in [-0.4, -0.2) is 18.6 Å². The van der Waals surface area contributed by atoms with Gasteiger partial charge in [0.2, 0.25) is 11.4 Å². The topological polar surface area (TPSA) is 89.1 Å². The van der Waals surface area contributed by atoms with Crippen molar-refractivity contribution in [2.45, 2.75) is 32.5 Å². The van der Waals surface area contributed by atoms with E-state index in [1.54, 1.807) is 12.3 Å². The van der Waals surface area contributed by atoms with Crippen molar-refractivity contribution in [3.8, 4) is 17.2 Å². The molecule has 0 aliphatic carbocycles. The van der Waals surface area contributed by atoms with Crippen LogP contribution >= 0.6 is 0 Å². The van der Waals surface area contributed by atoms with Crippen LogP contribution in [-0.2, 0) is 9.53 Å². The van der Waals surface area contributed by atoms with Crippen molar-refractivity contribution in [1.82, 2.24) is 5.32 Å². The fourth-order valence-corrected chi connectivity index (χ4v) is 4.25. The van der Waals surface area contributed by atoms with Gasteiger partial charge in [-0.1, -0.05) is 80.6 Å². The number of benzene rings is 3. The summed E-state index contributed by atoms with van der Waals surface area (Å²) in [4.78, 5) is 12.8. The van der Waals surface area contributed by atoms with Crippen molar-refractivity contribution in [1.29, 1.82) is 5.26 Å². The average Bonchev–Trinajstić information content (AvgIpc) is 2.90. The minimum Gasteiger partial charge on any atom is -0.618 e. The minimum absolute atomic E-state index is 0.0625. The van der Waals surface area contributed by atoms with Gasteiger partial charge in [0, 0.05) is 17.0 Å². The number of hydrogen-bond donors (Lipinski definition) is 1. The molecule has 0 bridgehead atoms. The first-order valence-corrected chi connectivity index (χ1v) is 12.0. The maximum absolute atomic E-state index is 12.8. The predicted molar refractivity (Wildman–Crippen MR) is 140 cm³/mol. The molecule has 182 valence electrons. The number of carbonyl (C=O) groups is 1. The second-order valence-corrected chi connectivity index (χ2v) is 9.16. The molecule has 36 heavy (non-hydrogen) atoms. The number of rotatable bonds is 9. The lowest BCUT2D eigenvalue weighted by molar-refractivity contribution is -0.576. The van der Waals surface area contributed by atoms with Gasteiger partial charge in [0.25, 0.3) is 0 Å². The molecule has 0 spiro atoms. The number of aromatic nitrogens is 1. The Hall–Kier alpha value is -4.21. The number of hydrogen-bond acceptors (Lipinski definition) is 4. The third-order valence-electron chi connectivity index (χ3n) is 6.01. The molecule has 1 heterocycles. The number of nitrogens with one attached hydrogen (secondary N) is 1. The van der Waals surface area contributed by atoms with Crippen LogP contribution in [0.4, 0.5) is 0 Å². The van der Waals surface area contributed by atoms with Crippen LogP contribution in [0.15, 0.2) is 91.1 Å². The van der Waals surface area contributed by atoms with E-state index >= 15 is 0 Å². The van der Waals surface area contributed by atoms with Gasteiger partial charge in [-0.2, -0.15) is 9.99 Å². The molecule has 4 aromatic rings. The molecule has 3 aromatic carbocycles. The van der Waals surface area contributed by atoms with E-state index < -0.39 is 12.2 Å². The summed E-state index contributed by atoms with van der Waals surface area (Å²) in [6.07, 6.45) is 0.931. The van der Waals surface area contributed by atoms with Crippen LogP contribution in [0.25, 0.3) is 22.0 Å². The van der Waals surface area contributed by atoms with E-state index in [1.807, 2.05) is 98.8 Å². The molecule has 0 aliphatic rings. The lowest BCUT2D eigenvalue weighted by Crippen LogP contribution is -2.38. The molecule has 4 rings (SSSR count). The number of nitriles is 1. The lowest BCUT2D eigenvalue weighted by atomic mass is 9.97. The van der Waals surface area contributed by atoms with Gasteiger partial charge in [-0.25, -0.2) is 0 Å². The number of fused-ring (bicyclic) bond motifs is 1. The van der Waals surface area contributed by atoms with Gasteiger partial charge in [-0.05, 0) is 41.2 Å². The number of carbonyl (C=O) groups excluding carboxylic acids is 1. The fraction of sp³-hybridized carbons (Fsp3) is 0.233. The largest absolute Gasteiger partial charge is 0.618 e. The second-order valence-electron chi connectivity index (χ2n) is 9.16. The molecule has 1 aromatic heterocycles. The molecule has 0 saturated heterocycles. The average molecular weight is 480 g/mol. The quantitative estimate of drug-likeness (QED) is 0.200. The summed E-state index contributed by atoms with van der Waals surface area (Å²) in [5.74, 6) is -0.0627. The highest BCUT2D eigenvalue weighted by molar-refractivity contribution is 5.81. The molecule has 1 amide bonds. The van der Waals surface area contributed by atoms with Gasteiger partial charge in [0.05, 0.1) is 6.07 Å². The molecule has 0 saturated carbocycles. The summed E-state index contributed by atoms with van der Waals surface area (Å²) in [5, 5.41) is 24.9. The Bertz CT molecular complexity index is 1360. The van der Waals surface area contributed by atoms with Gasteiger partial charge in [-0.15, -0.1) is 0 Å². The molecule has 0 radical (unpaired) electrons. The van der Waals surface area contributed by atoms with Crippen LogP contribution in [0, 0.1) is 22.5 Å². The van der Waals surface area contributed by atoms with E-state index in [-0.39, 0.29) is 18.4 Å². The van der Waals surface area contributed by atoms with Crippen LogP contribution < -0.4 is 10.0 Å². The SMILES string of the molecule is CC(C)C[C@H](O[C@H](c1ccccc1)c1ccc(-c2cc3ccccc3[n+]([O-])c2)cc1)C(=O)NCC#N. The van der Waals surface area contributed by atoms with Gasteiger partial charge >= 0.3 is 0 Å². The highest BCUT2D eigenvalue weighted by Crippen LogP contribution is 2.31. The monoisotopic (exact) mass is 479 g/mol. The standard InChI is InChI=1S/C30H29N3O3/c1-21(2)18-28(30(34)32-17-16-31)36-29(23-8-4-3-5-9-23)24-14-12-22(13-15-24)26-19-25-10-6-7-11-27(25)33(35)20-26/h3-15,19-21,28-29H,17-18H2,1-2H3,(H,32,34)/t28-,29+/m0/s1. The van der Waals surface area contributed by atoms with E-state index in [2.05, 4.69) is 5.32 Å². The summed E-state index contributed by atoms with van der Waals surface area (Å²) in [5.41, 5.74) is 4.17. The Balaban J connectivity index is 1.66. The molecule has 0 fully saturated rings. The Morgan fingerprint density at radius 2 is 1.64 bits per heavy atom. The van der Waals surface area contributed by atoms with E-state index in [1.165, 1.54) is 0 Å². The van der Waals surface area contributed by atoms with Crippen LogP contribution in [0.2, 0.25) is 0 Å². The summed E-state index contributed by atoms with van der Waals surface area (Å²) >= 11 is 0. The van der Waals surface area contributed by atoms with Crippen LogP contribution in [0.5, 0.6) is 0 Å². The Morgan fingerprint density at radius 3 is 2.33 bits per heavy atom. The molecule has 2 atom stereocenters. The molecule has 1 N–H and O–H groups in total. The van der Waals surface area contributed by atoms with E-state index in [9.17, 15) is 10.0 Å². The predicted octanol–water partition coefficient (Wildman–Crippen LogP) is 5.30. The fourth-order valence-electron chi connectivity index (χ4n) is 4.25. The number of nitrogens with zero attached hydrogens (tertiary/aromatic N) is 2. The van der Waals surface area contributed by atoms with Crippen molar-refractivity contribution >= 4 is 16.8 Å².